The largest absolute Gasteiger partial charge is 0.460 e. The highest BCUT2D eigenvalue weighted by Crippen LogP contribution is 2.32. The van der Waals surface area contributed by atoms with Gasteiger partial charge in [0.1, 0.15) is 23.5 Å². The maximum Gasteiger partial charge on any atom is 0.342 e. The van der Waals surface area contributed by atoms with Gasteiger partial charge in [-0.25, -0.2) is 13.2 Å². The summed E-state index contributed by atoms with van der Waals surface area (Å²) < 4.78 is 44.6. The minimum absolute atomic E-state index is 0.0218. The predicted octanol–water partition coefficient (Wildman–Crippen LogP) is 4.12. The van der Waals surface area contributed by atoms with Gasteiger partial charge in [0, 0.05) is 40.4 Å². The lowest BCUT2D eigenvalue weighted by molar-refractivity contribution is 0.0388. The molecule has 4 aromatic rings. The van der Waals surface area contributed by atoms with Crippen LogP contribution in [0.1, 0.15) is 48.0 Å². The number of hydrogen-bond acceptors (Lipinski definition) is 8. The van der Waals surface area contributed by atoms with Crippen LogP contribution < -0.4 is 4.72 Å². The summed E-state index contributed by atoms with van der Waals surface area (Å²) in [6, 6.07) is 14.7. The first kappa shape index (κ1) is 24.4. The van der Waals surface area contributed by atoms with Crippen LogP contribution in [0.4, 0.5) is 5.69 Å². The lowest BCUT2D eigenvalue weighted by Gasteiger charge is -2.18. The summed E-state index contributed by atoms with van der Waals surface area (Å²) >= 11 is 0. The van der Waals surface area contributed by atoms with Crippen LogP contribution in [0, 0.1) is 6.92 Å². The third-order valence-electron chi connectivity index (χ3n) is 6.05. The fraction of sp³-hybridized carbons (Fsp3) is 0.148. The summed E-state index contributed by atoms with van der Waals surface area (Å²) in [7, 11) is -2.67. The van der Waals surface area contributed by atoms with Crippen molar-refractivity contribution in [2.24, 2.45) is 0 Å². The maximum absolute atomic E-state index is 13.2. The van der Waals surface area contributed by atoms with Crippen LogP contribution >= 0.6 is 0 Å². The SMILES string of the molecule is COCCOC(=O)c1c(C)oc2ccc(NS(=O)(=O)c3ccc4c(c3)C(=O)c3ccccc3C4=O)cc12. The molecule has 0 saturated heterocycles. The summed E-state index contributed by atoms with van der Waals surface area (Å²) in [5.41, 5.74) is 1.43. The number of benzene rings is 3. The number of carbonyl (C=O) groups excluding carboxylic acids is 3. The van der Waals surface area contributed by atoms with Gasteiger partial charge in [-0.1, -0.05) is 24.3 Å². The number of fused-ring (bicyclic) bond motifs is 3. The van der Waals surface area contributed by atoms with E-state index in [0.717, 1.165) is 0 Å². The van der Waals surface area contributed by atoms with E-state index in [1.54, 1.807) is 25.1 Å². The number of carbonyl (C=O) groups is 3. The molecule has 0 amide bonds. The van der Waals surface area contributed by atoms with Crippen molar-refractivity contribution in [1.29, 1.82) is 0 Å². The van der Waals surface area contributed by atoms with E-state index in [9.17, 15) is 22.8 Å². The Bertz CT molecular complexity index is 1700. The molecule has 0 spiro atoms. The van der Waals surface area contributed by atoms with Crippen molar-refractivity contribution in [3.8, 4) is 0 Å². The molecule has 0 fully saturated rings. The zero-order valence-corrected chi connectivity index (χ0v) is 20.7. The van der Waals surface area contributed by atoms with Crippen molar-refractivity contribution in [2.75, 3.05) is 25.0 Å². The van der Waals surface area contributed by atoms with Crippen LogP contribution in [-0.2, 0) is 19.5 Å². The highest BCUT2D eigenvalue weighted by Gasteiger charge is 2.31. The second-order valence-corrected chi connectivity index (χ2v) is 10.1. The first-order valence-electron chi connectivity index (χ1n) is 11.3. The standard InChI is InChI=1S/C27H21NO8S/c1-15-24(27(31)35-12-11-34-2)22-13-16(7-10-23(22)36-15)28-37(32,33)17-8-9-20-21(14-17)26(30)19-6-4-3-5-18(19)25(20)29/h3-10,13-14,28H,11-12H2,1-2H3. The number of ketones is 2. The van der Waals surface area contributed by atoms with E-state index in [-0.39, 0.29) is 57.4 Å². The molecule has 1 aromatic heterocycles. The molecule has 1 aliphatic carbocycles. The molecule has 0 unspecified atom stereocenters. The number of anilines is 1. The normalized spacial score (nSPS) is 12.8. The van der Waals surface area contributed by atoms with E-state index >= 15 is 0 Å². The van der Waals surface area contributed by atoms with Gasteiger partial charge in [0.05, 0.1) is 11.5 Å². The second kappa shape index (κ2) is 9.30. The third-order valence-corrected chi connectivity index (χ3v) is 7.43. The maximum atomic E-state index is 13.2. The Hall–Kier alpha value is -4.28. The molecule has 1 N–H and O–H groups in total. The van der Waals surface area contributed by atoms with Crippen LogP contribution in [0.2, 0.25) is 0 Å². The molecule has 1 aliphatic rings. The van der Waals surface area contributed by atoms with Crippen LogP contribution in [0.5, 0.6) is 0 Å². The summed E-state index contributed by atoms with van der Waals surface area (Å²) in [5, 5.41) is 0.378. The molecule has 5 rings (SSSR count). The smallest absolute Gasteiger partial charge is 0.342 e. The topological polar surface area (TPSA) is 129 Å². The highest BCUT2D eigenvalue weighted by atomic mass is 32.2. The molecule has 0 radical (unpaired) electrons. The molecule has 10 heteroatoms. The van der Waals surface area contributed by atoms with E-state index in [1.165, 1.54) is 49.6 Å². The quantitative estimate of drug-likeness (QED) is 0.251. The number of esters is 1. The fourth-order valence-electron chi connectivity index (χ4n) is 4.29. The number of hydrogen-bond donors (Lipinski definition) is 1. The van der Waals surface area contributed by atoms with Crippen molar-refractivity contribution in [3.05, 3.63) is 94.2 Å². The molecule has 188 valence electrons. The number of methoxy groups -OCH3 is 1. The second-order valence-electron chi connectivity index (χ2n) is 8.39. The number of furan rings is 1. The monoisotopic (exact) mass is 519 g/mol. The van der Waals surface area contributed by atoms with E-state index in [4.69, 9.17) is 13.9 Å². The van der Waals surface area contributed by atoms with Crippen molar-refractivity contribution in [1.82, 2.24) is 0 Å². The van der Waals surface area contributed by atoms with Gasteiger partial charge in [-0.2, -0.15) is 0 Å². The highest BCUT2D eigenvalue weighted by molar-refractivity contribution is 7.92. The molecule has 0 saturated carbocycles. The number of rotatable bonds is 7. The molecule has 9 nitrogen and oxygen atoms in total. The third kappa shape index (κ3) is 4.30. The lowest BCUT2D eigenvalue weighted by Crippen LogP contribution is -2.22. The minimum atomic E-state index is -4.15. The average Bonchev–Trinajstić information content (AvgIpc) is 3.21. The van der Waals surface area contributed by atoms with Gasteiger partial charge in [-0.15, -0.1) is 0 Å². The van der Waals surface area contributed by atoms with Gasteiger partial charge < -0.3 is 13.9 Å². The molecule has 0 atom stereocenters. The minimum Gasteiger partial charge on any atom is -0.460 e. The summed E-state index contributed by atoms with van der Waals surface area (Å²) in [6.07, 6.45) is 0. The Balaban J connectivity index is 1.47. The first-order chi connectivity index (χ1) is 17.7. The van der Waals surface area contributed by atoms with Gasteiger partial charge in [0.15, 0.2) is 11.6 Å². The summed E-state index contributed by atoms with van der Waals surface area (Å²) in [5.74, 6) is -1.05. The van der Waals surface area contributed by atoms with E-state index in [2.05, 4.69) is 4.72 Å². The van der Waals surface area contributed by atoms with Gasteiger partial charge in [0.2, 0.25) is 0 Å². The van der Waals surface area contributed by atoms with Crippen molar-refractivity contribution < 1.29 is 36.7 Å². The lowest BCUT2D eigenvalue weighted by atomic mass is 9.84. The molecule has 0 aliphatic heterocycles. The van der Waals surface area contributed by atoms with Gasteiger partial charge in [-0.3, -0.25) is 14.3 Å². The molecule has 37 heavy (non-hydrogen) atoms. The fourth-order valence-corrected chi connectivity index (χ4v) is 5.36. The van der Waals surface area contributed by atoms with E-state index < -0.39 is 21.8 Å². The predicted molar refractivity (Wildman–Crippen MR) is 134 cm³/mol. The van der Waals surface area contributed by atoms with Crippen molar-refractivity contribution in [3.63, 3.8) is 0 Å². The Labute approximate surface area is 212 Å². The molecule has 1 heterocycles. The Morgan fingerprint density at radius 3 is 2.27 bits per heavy atom. The van der Waals surface area contributed by atoms with Crippen LogP contribution in [0.25, 0.3) is 11.0 Å². The summed E-state index contributed by atoms with van der Waals surface area (Å²) in [4.78, 5) is 38.2. The van der Waals surface area contributed by atoms with E-state index in [1.807, 2.05) is 0 Å². The summed E-state index contributed by atoms with van der Waals surface area (Å²) in [6.45, 7) is 1.89. The van der Waals surface area contributed by atoms with Crippen molar-refractivity contribution in [2.45, 2.75) is 11.8 Å². The molecule has 0 bridgehead atoms. The average molecular weight is 520 g/mol. The van der Waals surface area contributed by atoms with Gasteiger partial charge >= 0.3 is 5.97 Å². The number of aryl methyl sites for hydroxylation is 1. The Morgan fingerprint density at radius 2 is 1.57 bits per heavy atom. The number of sulfonamides is 1. The molecular formula is C27H21NO8S. The van der Waals surface area contributed by atoms with Gasteiger partial charge in [-0.05, 0) is 43.3 Å². The molecular weight excluding hydrogens is 498 g/mol. The van der Waals surface area contributed by atoms with Crippen LogP contribution in [-0.4, -0.2) is 46.3 Å². The Morgan fingerprint density at radius 1 is 0.892 bits per heavy atom. The van der Waals surface area contributed by atoms with Crippen LogP contribution in [0.3, 0.4) is 0 Å². The van der Waals surface area contributed by atoms with Crippen molar-refractivity contribution >= 4 is 44.2 Å². The Kier molecular flexibility index (Phi) is 6.14. The molecule has 3 aromatic carbocycles. The number of ether oxygens (including phenoxy) is 2. The first-order valence-corrected chi connectivity index (χ1v) is 12.7. The van der Waals surface area contributed by atoms with Gasteiger partial charge in [0.25, 0.3) is 10.0 Å². The zero-order valence-electron chi connectivity index (χ0n) is 19.9. The number of nitrogens with one attached hydrogen (secondary N) is 1. The zero-order chi connectivity index (χ0) is 26.3. The van der Waals surface area contributed by atoms with E-state index in [0.29, 0.717) is 16.7 Å². The van der Waals surface area contributed by atoms with Crippen LogP contribution in [0.15, 0.2) is 70.0 Å².